The minimum absolute atomic E-state index is 0.00953. The Kier molecular flexibility index (Phi) is 9.56. The third-order valence-corrected chi connectivity index (χ3v) is 6.46. The van der Waals surface area contributed by atoms with Gasteiger partial charge in [0.25, 0.3) is 0 Å². The van der Waals surface area contributed by atoms with Crippen LogP contribution in [-0.4, -0.2) is 43.8 Å². The average molecular weight is 475 g/mol. The van der Waals surface area contributed by atoms with Crippen LogP contribution in [0, 0.1) is 12.3 Å². The van der Waals surface area contributed by atoms with Crippen molar-refractivity contribution < 1.29 is 23.1 Å². The zero-order valence-electron chi connectivity index (χ0n) is 18.5. The van der Waals surface area contributed by atoms with Gasteiger partial charge in [-0.1, -0.05) is 42.0 Å². The highest BCUT2D eigenvalue weighted by Gasteiger charge is 2.20. The van der Waals surface area contributed by atoms with E-state index in [0.29, 0.717) is 12.0 Å². The Morgan fingerprint density at radius 1 is 1.06 bits per heavy atom. The Balaban J connectivity index is 1.82. The first-order valence-electron chi connectivity index (χ1n) is 10.6. The molecular weight excluding hydrogens is 444 g/mol. The van der Waals surface area contributed by atoms with E-state index in [0.717, 1.165) is 24.0 Å². The average Bonchev–Trinajstić information content (AvgIpc) is 2.75. The zero-order valence-corrected chi connectivity index (χ0v) is 19.3. The molecule has 0 bridgehead atoms. The zero-order chi connectivity index (χ0) is 24.4. The van der Waals surface area contributed by atoms with Crippen molar-refractivity contribution >= 4 is 27.7 Å². The molecule has 1 unspecified atom stereocenters. The molecule has 0 aliphatic rings. The molecule has 2 aromatic carbocycles. The van der Waals surface area contributed by atoms with E-state index < -0.39 is 28.5 Å². The van der Waals surface area contributed by atoms with Gasteiger partial charge in [-0.3, -0.25) is 15.0 Å². The van der Waals surface area contributed by atoms with Crippen molar-refractivity contribution in [2.24, 2.45) is 5.73 Å². The van der Waals surface area contributed by atoms with E-state index in [1.165, 1.54) is 12.1 Å². The highest BCUT2D eigenvalue weighted by Crippen LogP contribution is 2.11. The lowest BCUT2D eigenvalue weighted by Gasteiger charge is -2.18. The van der Waals surface area contributed by atoms with E-state index in [9.17, 15) is 18.0 Å². The van der Waals surface area contributed by atoms with Gasteiger partial charge in [-0.2, -0.15) is 0 Å². The van der Waals surface area contributed by atoms with Crippen molar-refractivity contribution in [3.05, 3.63) is 65.2 Å². The van der Waals surface area contributed by atoms with E-state index in [1.807, 2.05) is 19.1 Å². The molecule has 33 heavy (non-hydrogen) atoms. The number of nitrogens with two attached hydrogens (primary N) is 1. The third kappa shape index (κ3) is 9.03. The first kappa shape index (κ1) is 26.0. The molecule has 0 fully saturated rings. The number of benzene rings is 2. The summed E-state index contributed by atoms with van der Waals surface area (Å²) in [5.41, 5.74) is 8.07. The largest absolute Gasteiger partial charge is 0.481 e. The highest BCUT2D eigenvalue weighted by atomic mass is 32.2. The molecule has 6 N–H and O–H groups in total. The van der Waals surface area contributed by atoms with Crippen LogP contribution >= 0.6 is 0 Å². The van der Waals surface area contributed by atoms with Gasteiger partial charge in [0.15, 0.2) is 0 Å². The van der Waals surface area contributed by atoms with Crippen LogP contribution in [0.15, 0.2) is 53.4 Å². The second-order valence-corrected chi connectivity index (χ2v) is 9.61. The highest BCUT2D eigenvalue weighted by molar-refractivity contribution is 7.89. The molecule has 10 heteroatoms. The normalized spacial score (nSPS) is 12.2. The number of nitrogens with one attached hydrogen (secondary N) is 3. The summed E-state index contributed by atoms with van der Waals surface area (Å²) in [4.78, 5) is 23.5. The Bertz CT molecular complexity index is 1070. The van der Waals surface area contributed by atoms with Crippen molar-refractivity contribution in [1.82, 2.24) is 10.0 Å². The monoisotopic (exact) mass is 474 g/mol. The second-order valence-electron chi connectivity index (χ2n) is 7.84. The standard InChI is InChI=1S/C23H30N4O5S/c1-16-6-12-20(13-7-16)33(31,32)26-15-19(14-22(29)30)27-21(28)5-3-2-4-17-8-10-18(11-9-17)23(24)25/h6-13,19,26H,2-5,14-15H2,1H3,(H3,24,25)(H,27,28)(H,29,30). The second kappa shape index (κ2) is 12.1. The van der Waals surface area contributed by atoms with E-state index in [4.69, 9.17) is 16.2 Å². The molecule has 0 aromatic heterocycles. The summed E-state index contributed by atoms with van der Waals surface area (Å²) in [6, 6.07) is 12.7. The predicted molar refractivity (Wildman–Crippen MR) is 126 cm³/mol. The van der Waals surface area contributed by atoms with Crippen LogP contribution in [0.2, 0.25) is 0 Å². The first-order valence-corrected chi connectivity index (χ1v) is 12.1. The predicted octanol–water partition coefficient (Wildman–Crippen LogP) is 1.93. The summed E-state index contributed by atoms with van der Waals surface area (Å²) in [6.45, 7) is 1.61. The summed E-state index contributed by atoms with van der Waals surface area (Å²) in [5.74, 6) is -1.46. The maximum absolute atomic E-state index is 12.4. The molecule has 178 valence electrons. The molecule has 2 aromatic rings. The summed E-state index contributed by atoms with van der Waals surface area (Å²) < 4.78 is 27.2. The Morgan fingerprint density at radius 3 is 2.27 bits per heavy atom. The number of amides is 1. The minimum Gasteiger partial charge on any atom is -0.481 e. The van der Waals surface area contributed by atoms with Crippen LogP contribution in [0.5, 0.6) is 0 Å². The molecule has 0 radical (unpaired) electrons. The number of rotatable bonds is 13. The van der Waals surface area contributed by atoms with E-state index in [2.05, 4.69) is 10.0 Å². The van der Waals surface area contributed by atoms with Gasteiger partial charge in [0.2, 0.25) is 15.9 Å². The number of nitrogen functional groups attached to an aromatic ring is 1. The topological polar surface area (TPSA) is 162 Å². The van der Waals surface area contributed by atoms with E-state index in [1.54, 1.807) is 24.3 Å². The fraction of sp³-hybridized carbons (Fsp3) is 0.348. The molecule has 1 amide bonds. The number of carbonyl (C=O) groups excluding carboxylic acids is 1. The SMILES string of the molecule is Cc1ccc(S(=O)(=O)NCC(CC(=O)O)NC(=O)CCCCc2ccc(C(=N)N)cc2)cc1. The molecule has 0 saturated carbocycles. The lowest BCUT2D eigenvalue weighted by molar-refractivity contribution is -0.137. The van der Waals surface area contributed by atoms with Gasteiger partial charge in [0.1, 0.15) is 5.84 Å². The summed E-state index contributed by atoms with van der Waals surface area (Å²) >= 11 is 0. The number of carboxylic acid groups (broad SMARTS) is 1. The number of hydrogen-bond acceptors (Lipinski definition) is 5. The Labute approximate surface area is 194 Å². The molecule has 1 atom stereocenters. The number of amidine groups is 1. The molecule has 0 aliphatic carbocycles. The van der Waals surface area contributed by atoms with Crippen molar-refractivity contribution in [1.29, 1.82) is 5.41 Å². The fourth-order valence-electron chi connectivity index (χ4n) is 3.16. The number of sulfonamides is 1. The van der Waals surface area contributed by atoms with Crippen LogP contribution in [0.4, 0.5) is 0 Å². The van der Waals surface area contributed by atoms with Gasteiger partial charge < -0.3 is 16.2 Å². The maximum atomic E-state index is 12.4. The Hall–Kier alpha value is -3.24. The van der Waals surface area contributed by atoms with Gasteiger partial charge in [-0.15, -0.1) is 0 Å². The van der Waals surface area contributed by atoms with Crippen LogP contribution < -0.4 is 15.8 Å². The van der Waals surface area contributed by atoms with Gasteiger partial charge in [-0.05, 0) is 43.9 Å². The van der Waals surface area contributed by atoms with Crippen LogP contribution in [0.3, 0.4) is 0 Å². The lowest BCUT2D eigenvalue weighted by atomic mass is 10.0. The van der Waals surface area contributed by atoms with Crippen LogP contribution in [-0.2, 0) is 26.0 Å². The van der Waals surface area contributed by atoms with Gasteiger partial charge in [0, 0.05) is 18.5 Å². The fourth-order valence-corrected chi connectivity index (χ4v) is 4.24. The van der Waals surface area contributed by atoms with Crippen LogP contribution in [0.1, 0.15) is 42.4 Å². The third-order valence-electron chi connectivity index (χ3n) is 5.02. The molecule has 0 heterocycles. The van der Waals surface area contributed by atoms with Gasteiger partial charge >= 0.3 is 5.97 Å². The number of aryl methyl sites for hydroxylation is 2. The molecule has 0 saturated heterocycles. The first-order chi connectivity index (χ1) is 15.6. The van der Waals surface area contributed by atoms with E-state index in [-0.39, 0.29) is 29.6 Å². The summed E-state index contributed by atoms with van der Waals surface area (Å²) in [5, 5.41) is 19.1. The molecule has 0 aliphatic heterocycles. The van der Waals surface area contributed by atoms with Gasteiger partial charge in [-0.25, -0.2) is 13.1 Å². The number of carbonyl (C=O) groups is 2. The lowest BCUT2D eigenvalue weighted by Crippen LogP contribution is -2.44. The van der Waals surface area contributed by atoms with E-state index >= 15 is 0 Å². The smallest absolute Gasteiger partial charge is 0.305 e. The van der Waals surface area contributed by atoms with Crippen LogP contribution in [0.25, 0.3) is 0 Å². The van der Waals surface area contributed by atoms with Crippen molar-refractivity contribution in [3.8, 4) is 0 Å². The summed E-state index contributed by atoms with van der Waals surface area (Å²) in [6.07, 6.45) is 1.89. The van der Waals surface area contributed by atoms with Gasteiger partial charge in [0.05, 0.1) is 17.4 Å². The number of unbranched alkanes of at least 4 members (excludes halogenated alkanes) is 1. The number of aliphatic carboxylic acids is 1. The summed E-state index contributed by atoms with van der Waals surface area (Å²) in [7, 11) is -3.82. The quantitative estimate of drug-likeness (QED) is 0.169. The maximum Gasteiger partial charge on any atom is 0.305 e. The van der Waals surface area contributed by atoms with Crippen molar-refractivity contribution in [2.75, 3.05) is 6.54 Å². The molecule has 2 rings (SSSR count). The number of carboxylic acids is 1. The van der Waals surface area contributed by atoms with Crippen molar-refractivity contribution in [2.45, 2.75) is 50.0 Å². The minimum atomic E-state index is -3.82. The molecule has 0 spiro atoms. The Morgan fingerprint density at radius 2 is 1.70 bits per heavy atom. The molecular formula is C23H30N4O5S. The molecule has 9 nitrogen and oxygen atoms in total. The van der Waals surface area contributed by atoms with Crippen molar-refractivity contribution in [3.63, 3.8) is 0 Å². The number of hydrogen-bond donors (Lipinski definition) is 5.